The summed E-state index contributed by atoms with van der Waals surface area (Å²) >= 11 is 5.51. The summed E-state index contributed by atoms with van der Waals surface area (Å²) in [4.78, 5) is 10.9. The SMILES string of the molecule is CC(Cl)C(=O)NCc1cn[nH]n1. The number of halogens is 1. The molecule has 6 heteroatoms. The Morgan fingerprint density at radius 3 is 3.17 bits per heavy atom. The number of aromatic nitrogens is 3. The fraction of sp³-hybridized carbons (Fsp3) is 0.500. The largest absolute Gasteiger partial charge is 0.349 e. The molecule has 1 atom stereocenters. The highest BCUT2D eigenvalue weighted by Gasteiger charge is 2.08. The Kier molecular flexibility index (Phi) is 3.04. The highest BCUT2D eigenvalue weighted by atomic mass is 35.5. The Hall–Kier alpha value is -1.10. The first kappa shape index (κ1) is 8.99. The lowest BCUT2D eigenvalue weighted by Gasteiger charge is -2.02. The molecular formula is C6H9ClN4O. The molecule has 1 aromatic heterocycles. The summed E-state index contributed by atoms with van der Waals surface area (Å²) in [7, 11) is 0. The molecule has 0 bridgehead atoms. The van der Waals surface area contributed by atoms with Gasteiger partial charge in [0.15, 0.2) is 0 Å². The molecule has 0 spiro atoms. The number of carbonyl (C=O) groups is 1. The molecule has 5 nitrogen and oxygen atoms in total. The standard InChI is InChI=1S/C6H9ClN4O/c1-4(7)6(12)8-2-5-3-9-11-10-5/h3-4H,2H2,1H3,(H,8,12)(H,9,10,11). The van der Waals surface area contributed by atoms with Gasteiger partial charge >= 0.3 is 0 Å². The van der Waals surface area contributed by atoms with Crippen LogP contribution in [0.5, 0.6) is 0 Å². The van der Waals surface area contributed by atoms with Gasteiger partial charge in [0, 0.05) is 0 Å². The number of nitrogens with zero attached hydrogens (tertiary/aromatic N) is 2. The molecule has 0 fully saturated rings. The van der Waals surface area contributed by atoms with E-state index in [1.54, 1.807) is 13.1 Å². The summed E-state index contributed by atoms with van der Waals surface area (Å²) in [6, 6.07) is 0. The minimum atomic E-state index is -0.517. The van der Waals surface area contributed by atoms with Crippen LogP contribution in [0.1, 0.15) is 12.6 Å². The van der Waals surface area contributed by atoms with E-state index in [0.717, 1.165) is 0 Å². The van der Waals surface area contributed by atoms with Crippen molar-refractivity contribution in [1.82, 2.24) is 20.7 Å². The van der Waals surface area contributed by atoms with Crippen LogP contribution in [0.3, 0.4) is 0 Å². The minimum absolute atomic E-state index is 0.209. The Morgan fingerprint density at radius 1 is 1.92 bits per heavy atom. The van der Waals surface area contributed by atoms with E-state index < -0.39 is 5.38 Å². The van der Waals surface area contributed by atoms with Gasteiger partial charge in [0.25, 0.3) is 0 Å². The van der Waals surface area contributed by atoms with Crippen LogP contribution < -0.4 is 5.32 Å². The number of carbonyl (C=O) groups excluding carboxylic acids is 1. The third kappa shape index (κ3) is 2.50. The van der Waals surface area contributed by atoms with E-state index in [4.69, 9.17) is 11.6 Å². The van der Waals surface area contributed by atoms with Crippen molar-refractivity contribution in [3.63, 3.8) is 0 Å². The van der Waals surface area contributed by atoms with E-state index in [9.17, 15) is 4.79 Å². The van der Waals surface area contributed by atoms with Crippen molar-refractivity contribution < 1.29 is 4.79 Å². The van der Waals surface area contributed by atoms with Crippen molar-refractivity contribution in [2.24, 2.45) is 0 Å². The van der Waals surface area contributed by atoms with Gasteiger partial charge in [0.1, 0.15) is 11.1 Å². The van der Waals surface area contributed by atoms with E-state index in [-0.39, 0.29) is 5.91 Å². The van der Waals surface area contributed by atoms with Gasteiger partial charge in [0.2, 0.25) is 5.91 Å². The molecule has 0 saturated carbocycles. The normalized spacial score (nSPS) is 12.5. The number of rotatable bonds is 3. The number of amides is 1. The zero-order valence-electron chi connectivity index (χ0n) is 6.54. The second-order valence-corrected chi connectivity index (χ2v) is 2.95. The minimum Gasteiger partial charge on any atom is -0.349 e. The van der Waals surface area contributed by atoms with Crippen molar-refractivity contribution in [3.8, 4) is 0 Å². The number of nitrogens with one attached hydrogen (secondary N) is 2. The molecule has 0 aliphatic rings. The van der Waals surface area contributed by atoms with Crippen LogP contribution in [0.25, 0.3) is 0 Å². The summed E-state index contributed by atoms with van der Waals surface area (Å²) in [5.41, 5.74) is 0.681. The van der Waals surface area contributed by atoms with E-state index >= 15 is 0 Å². The molecule has 1 heterocycles. The smallest absolute Gasteiger partial charge is 0.238 e. The number of hydrogen-bond donors (Lipinski definition) is 2. The van der Waals surface area contributed by atoms with Crippen LogP contribution in [0.2, 0.25) is 0 Å². The lowest BCUT2D eigenvalue weighted by atomic mass is 10.4. The van der Waals surface area contributed by atoms with Crippen molar-refractivity contribution in [2.45, 2.75) is 18.8 Å². The Bertz CT molecular complexity index is 246. The van der Waals surface area contributed by atoms with E-state index in [1.807, 2.05) is 0 Å². The quantitative estimate of drug-likeness (QED) is 0.659. The Labute approximate surface area is 74.5 Å². The maximum absolute atomic E-state index is 10.9. The maximum atomic E-state index is 10.9. The first-order valence-electron chi connectivity index (χ1n) is 3.46. The molecule has 12 heavy (non-hydrogen) atoms. The molecule has 0 aromatic carbocycles. The zero-order chi connectivity index (χ0) is 8.97. The first-order valence-corrected chi connectivity index (χ1v) is 3.90. The molecule has 0 radical (unpaired) electrons. The van der Waals surface area contributed by atoms with Crippen molar-refractivity contribution >= 4 is 17.5 Å². The van der Waals surface area contributed by atoms with Crippen LogP contribution in [-0.2, 0) is 11.3 Å². The molecule has 0 aliphatic heterocycles. The van der Waals surface area contributed by atoms with Gasteiger partial charge in [-0.05, 0) is 6.92 Å². The molecule has 1 aromatic rings. The highest BCUT2D eigenvalue weighted by Crippen LogP contribution is 1.94. The van der Waals surface area contributed by atoms with Crippen molar-refractivity contribution in [1.29, 1.82) is 0 Å². The van der Waals surface area contributed by atoms with Gasteiger partial charge in [-0.3, -0.25) is 4.79 Å². The molecule has 0 aliphatic carbocycles. The topological polar surface area (TPSA) is 70.7 Å². The number of hydrogen-bond acceptors (Lipinski definition) is 3. The highest BCUT2D eigenvalue weighted by molar-refractivity contribution is 6.30. The second kappa shape index (κ2) is 4.06. The molecule has 2 N–H and O–H groups in total. The zero-order valence-corrected chi connectivity index (χ0v) is 7.30. The summed E-state index contributed by atoms with van der Waals surface area (Å²) in [5.74, 6) is -0.209. The third-order valence-corrected chi connectivity index (χ3v) is 1.47. The monoisotopic (exact) mass is 188 g/mol. The lowest BCUT2D eigenvalue weighted by molar-refractivity contribution is -0.120. The molecule has 1 unspecified atom stereocenters. The molecule has 0 saturated heterocycles. The summed E-state index contributed by atoms with van der Waals surface area (Å²) in [6.45, 7) is 1.96. The van der Waals surface area contributed by atoms with E-state index in [0.29, 0.717) is 12.2 Å². The summed E-state index contributed by atoms with van der Waals surface area (Å²) < 4.78 is 0. The lowest BCUT2D eigenvalue weighted by Crippen LogP contribution is -2.29. The fourth-order valence-electron chi connectivity index (χ4n) is 0.629. The molecular weight excluding hydrogens is 180 g/mol. The number of alkyl halides is 1. The van der Waals surface area contributed by atoms with E-state index in [1.165, 1.54) is 0 Å². The van der Waals surface area contributed by atoms with Crippen LogP contribution in [0.4, 0.5) is 0 Å². The Balaban J connectivity index is 2.32. The second-order valence-electron chi connectivity index (χ2n) is 2.30. The maximum Gasteiger partial charge on any atom is 0.238 e. The molecule has 1 amide bonds. The van der Waals surface area contributed by atoms with E-state index in [2.05, 4.69) is 20.7 Å². The average Bonchev–Trinajstić information content (AvgIpc) is 2.51. The first-order chi connectivity index (χ1) is 5.70. The molecule has 66 valence electrons. The van der Waals surface area contributed by atoms with Crippen molar-refractivity contribution in [3.05, 3.63) is 11.9 Å². The molecule has 1 rings (SSSR count). The van der Waals surface area contributed by atoms with Gasteiger partial charge in [-0.15, -0.1) is 11.6 Å². The fourth-order valence-corrected chi connectivity index (χ4v) is 0.706. The predicted octanol–water partition coefficient (Wildman–Crippen LogP) is 0.0482. The van der Waals surface area contributed by atoms with Crippen LogP contribution in [-0.4, -0.2) is 26.7 Å². The van der Waals surface area contributed by atoms with Crippen molar-refractivity contribution in [2.75, 3.05) is 0 Å². The van der Waals surface area contributed by atoms with Gasteiger partial charge < -0.3 is 5.32 Å². The predicted molar refractivity (Wildman–Crippen MR) is 43.5 cm³/mol. The van der Waals surface area contributed by atoms with Crippen LogP contribution in [0, 0.1) is 0 Å². The van der Waals surface area contributed by atoms with Crippen LogP contribution in [0.15, 0.2) is 6.20 Å². The van der Waals surface area contributed by atoms with Gasteiger partial charge in [-0.2, -0.15) is 15.4 Å². The van der Waals surface area contributed by atoms with Gasteiger partial charge in [-0.25, -0.2) is 0 Å². The van der Waals surface area contributed by atoms with Gasteiger partial charge in [0.05, 0.1) is 12.7 Å². The number of H-pyrrole nitrogens is 1. The average molecular weight is 189 g/mol. The Morgan fingerprint density at radius 2 is 2.67 bits per heavy atom. The third-order valence-electron chi connectivity index (χ3n) is 1.27. The number of aromatic amines is 1. The van der Waals surface area contributed by atoms with Gasteiger partial charge in [-0.1, -0.05) is 0 Å². The summed E-state index contributed by atoms with van der Waals surface area (Å²) in [6.07, 6.45) is 1.54. The van der Waals surface area contributed by atoms with Crippen LogP contribution >= 0.6 is 11.6 Å². The summed E-state index contributed by atoms with van der Waals surface area (Å²) in [5, 5.41) is 11.9.